The van der Waals surface area contributed by atoms with Gasteiger partial charge in [-0.3, -0.25) is 4.79 Å². The molecule has 1 saturated carbocycles. The molecule has 1 aliphatic heterocycles. The number of hydrogen-bond donors (Lipinski definition) is 1. The van der Waals surface area contributed by atoms with Gasteiger partial charge in [-0.25, -0.2) is 6.57 Å². The molecule has 1 heterocycles. The SMILES string of the molecule is [C-]#[N+]C1(c2cccc(Cl)c2-c2ccc3c(c2)CC(=O)N3)CC1. The van der Waals surface area contributed by atoms with Crippen molar-refractivity contribution in [2.24, 2.45) is 0 Å². The van der Waals surface area contributed by atoms with Crippen molar-refractivity contribution in [3.63, 3.8) is 0 Å². The summed E-state index contributed by atoms with van der Waals surface area (Å²) in [5.74, 6) is 0.0198. The number of fused-ring (bicyclic) bond motifs is 1. The lowest BCUT2D eigenvalue weighted by atomic mass is 9.92. The lowest BCUT2D eigenvalue weighted by molar-refractivity contribution is -0.115. The average Bonchev–Trinajstić information content (AvgIpc) is 3.22. The second-order valence-corrected chi connectivity index (χ2v) is 6.31. The number of benzene rings is 2. The zero-order chi connectivity index (χ0) is 15.3. The van der Waals surface area contributed by atoms with Gasteiger partial charge in [0.1, 0.15) is 0 Å². The third-order valence-electron chi connectivity index (χ3n) is 4.47. The summed E-state index contributed by atoms with van der Waals surface area (Å²) in [5, 5.41) is 3.50. The summed E-state index contributed by atoms with van der Waals surface area (Å²) in [6, 6.07) is 11.7. The molecule has 1 amide bonds. The van der Waals surface area contributed by atoms with Crippen LogP contribution in [-0.4, -0.2) is 5.91 Å². The van der Waals surface area contributed by atoms with E-state index in [0.29, 0.717) is 11.4 Å². The van der Waals surface area contributed by atoms with Crippen LogP contribution in [0.5, 0.6) is 0 Å². The Labute approximate surface area is 133 Å². The molecule has 2 aromatic rings. The van der Waals surface area contributed by atoms with Gasteiger partial charge in [-0.1, -0.05) is 29.8 Å². The van der Waals surface area contributed by atoms with E-state index in [-0.39, 0.29) is 5.91 Å². The Morgan fingerprint density at radius 3 is 2.77 bits per heavy atom. The van der Waals surface area contributed by atoms with Gasteiger partial charge in [0, 0.05) is 34.7 Å². The van der Waals surface area contributed by atoms with E-state index in [9.17, 15) is 4.79 Å². The molecule has 4 heteroatoms. The Hall–Kier alpha value is -2.31. The fourth-order valence-corrected chi connectivity index (χ4v) is 3.43. The lowest BCUT2D eigenvalue weighted by Crippen LogP contribution is -2.03. The molecule has 22 heavy (non-hydrogen) atoms. The van der Waals surface area contributed by atoms with E-state index in [1.54, 1.807) is 0 Å². The van der Waals surface area contributed by atoms with Crippen LogP contribution in [0.1, 0.15) is 24.0 Å². The van der Waals surface area contributed by atoms with Crippen molar-refractivity contribution in [3.05, 3.63) is 64.0 Å². The normalized spacial score (nSPS) is 17.5. The first-order valence-corrected chi connectivity index (χ1v) is 7.61. The Morgan fingerprint density at radius 2 is 2.05 bits per heavy atom. The molecule has 2 aromatic carbocycles. The number of carbonyl (C=O) groups is 1. The van der Waals surface area contributed by atoms with Gasteiger partial charge in [0.25, 0.3) is 5.54 Å². The molecule has 108 valence electrons. The van der Waals surface area contributed by atoms with Gasteiger partial charge in [-0.15, -0.1) is 0 Å². The minimum atomic E-state index is -0.409. The molecule has 0 radical (unpaired) electrons. The van der Waals surface area contributed by atoms with Gasteiger partial charge < -0.3 is 10.2 Å². The van der Waals surface area contributed by atoms with Crippen molar-refractivity contribution in [3.8, 4) is 11.1 Å². The van der Waals surface area contributed by atoms with Crippen LogP contribution in [0.4, 0.5) is 5.69 Å². The number of hydrogen-bond acceptors (Lipinski definition) is 1. The minimum Gasteiger partial charge on any atom is -0.326 e. The molecule has 1 N–H and O–H groups in total. The molecule has 2 aliphatic rings. The standard InChI is InChI=1S/C18H13ClN2O/c1-20-18(7-8-18)13-3-2-4-14(19)17(13)11-5-6-15-12(9-11)10-16(22)21-15/h2-6,9H,7-8,10H2,(H,21,22). The largest absolute Gasteiger partial charge is 0.326 e. The molecule has 1 aliphatic carbocycles. The summed E-state index contributed by atoms with van der Waals surface area (Å²) < 4.78 is 0. The zero-order valence-corrected chi connectivity index (χ0v) is 12.6. The Balaban J connectivity index is 1.89. The van der Waals surface area contributed by atoms with E-state index >= 15 is 0 Å². The second-order valence-electron chi connectivity index (χ2n) is 5.90. The number of anilines is 1. The van der Waals surface area contributed by atoms with Crippen molar-refractivity contribution in [1.29, 1.82) is 0 Å². The van der Waals surface area contributed by atoms with E-state index in [2.05, 4.69) is 10.2 Å². The number of carbonyl (C=O) groups excluding carboxylic acids is 1. The molecular weight excluding hydrogens is 296 g/mol. The fourth-order valence-electron chi connectivity index (χ4n) is 3.15. The first-order valence-electron chi connectivity index (χ1n) is 7.24. The summed E-state index contributed by atoms with van der Waals surface area (Å²) in [6.07, 6.45) is 2.17. The van der Waals surface area contributed by atoms with Crippen molar-refractivity contribution in [2.45, 2.75) is 24.8 Å². The monoisotopic (exact) mass is 308 g/mol. The summed E-state index contributed by atoms with van der Waals surface area (Å²) in [4.78, 5) is 15.4. The minimum absolute atomic E-state index is 0.0198. The summed E-state index contributed by atoms with van der Waals surface area (Å²) in [5.41, 5.74) is 4.36. The number of nitrogens with zero attached hydrogens (tertiary/aromatic N) is 1. The summed E-state index contributed by atoms with van der Waals surface area (Å²) in [6.45, 7) is 7.51. The Bertz CT molecular complexity index is 847. The summed E-state index contributed by atoms with van der Waals surface area (Å²) >= 11 is 6.45. The van der Waals surface area contributed by atoms with Crippen molar-refractivity contribution in [1.82, 2.24) is 0 Å². The van der Waals surface area contributed by atoms with Crippen LogP contribution in [0, 0.1) is 6.57 Å². The van der Waals surface area contributed by atoms with Crippen LogP contribution in [0.3, 0.4) is 0 Å². The molecule has 0 bridgehead atoms. The molecule has 3 nitrogen and oxygen atoms in total. The number of amides is 1. The van der Waals surface area contributed by atoms with Crippen molar-refractivity contribution < 1.29 is 4.79 Å². The summed E-state index contributed by atoms with van der Waals surface area (Å²) in [7, 11) is 0. The van der Waals surface area contributed by atoms with E-state index in [1.807, 2.05) is 36.4 Å². The number of rotatable bonds is 2. The predicted octanol–water partition coefficient (Wildman–Crippen LogP) is 4.41. The molecule has 0 aromatic heterocycles. The van der Waals surface area contributed by atoms with Crippen LogP contribution in [-0.2, 0) is 16.8 Å². The third-order valence-corrected chi connectivity index (χ3v) is 4.79. The smallest absolute Gasteiger partial charge is 0.258 e. The van der Waals surface area contributed by atoms with Crippen molar-refractivity contribution in [2.75, 3.05) is 5.32 Å². The highest BCUT2D eigenvalue weighted by Gasteiger charge is 2.54. The molecule has 0 atom stereocenters. The first kappa shape index (κ1) is 13.4. The van der Waals surface area contributed by atoms with Crippen LogP contribution in [0.2, 0.25) is 5.02 Å². The van der Waals surface area contributed by atoms with Crippen LogP contribution in [0.15, 0.2) is 36.4 Å². The molecule has 1 fully saturated rings. The number of halogens is 1. The quantitative estimate of drug-likeness (QED) is 0.819. The molecule has 0 unspecified atom stereocenters. The van der Waals surface area contributed by atoms with E-state index in [0.717, 1.165) is 40.8 Å². The Morgan fingerprint density at radius 1 is 1.23 bits per heavy atom. The predicted molar refractivity (Wildman–Crippen MR) is 86.7 cm³/mol. The van der Waals surface area contributed by atoms with Crippen LogP contribution < -0.4 is 5.32 Å². The lowest BCUT2D eigenvalue weighted by Gasteiger charge is -2.13. The maximum Gasteiger partial charge on any atom is 0.258 e. The number of nitrogens with one attached hydrogen (secondary N) is 1. The zero-order valence-electron chi connectivity index (χ0n) is 11.8. The van der Waals surface area contributed by atoms with Crippen molar-refractivity contribution >= 4 is 23.2 Å². The topological polar surface area (TPSA) is 33.5 Å². The third kappa shape index (κ3) is 1.92. The van der Waals surface area contributed by atoms with Gasteiger partial charge in [0.05, 0.1) is 6.42 Å². The fraction of sp³-hybridized carbons (Fsp3) is 0.222. The van der Waals surface area contributed by atoms with E-state index in [4.69, 9.17) is 18.2 Å². The van der Waals surface area contributed by atoms with Crippen LogP contribution in [0.25, 0.3) is 16.0 Å². The highest BCUT2D eigenvalue weighted by atomic mass is 35.5. The molecule has 0 saturated heterocycles. The Kier molecular flexibility index (Phi) is 2.79. The maximum absolute atomic E-state index is 11.5. The molecular formula is C18H13ClN2O. The van der Waals surface area contributed by atoms with Gasteiger partial charge in [-0.2, -0.15) is 0 Å². The molecule has 0 spiro atoms. The van der Waals surface area contributed by atoms with E-state index < -0.39 is 5.54 Å². The van der Waals surface area contributed by atoms with Gasteiger partial charge in [0.2, 0.25) is 5.91 Å². The highest BCUT2D eigenvalue weighted by Crippen LogP contribution is 2.53. The molecule has 4 rings (SSSR count). The average molecular weight is 309 g/mol. The maximum atomic E-state index is 11.5. The van der Waals surface area contributed by atoms with Gasteiger partial charge in [0.15, 0.2) is 0 Å². The van der Waals surface area contributed by atoms with E-state index in [1.165, 1.54) is 0 Å². The van der Waals surface area contributed by atoms with Crippen LogP contribution >= 0.6 is 11.6 Å². The van der Waals surface area contributed by atoms with Gasteiger partial charge in [-0.05, 0) is 29.3 Å². The highest BCUT2D eigenvalue weighted by molar-refractivity contribution is 6.33. The second kappa shape index (κ2) is 4.59. The van der Waals surface area contributed by atoms with Gasteiger partial charge >= 0.3 is 0 Å². The first-order chi connectivity index (χ1) is 10.6.